The number of carbonyl (C=O) groups excluding carboxylic acids is 3. The Labute approximate surface area is 253 Å². The van der Waals surface area contributed by atoms with Crippen LogP contribution in [-0.2, 0) is 11.2 Å². The average Bonchev–Trinajstić information content (AvgIpc) is 3.63. The predicted octanol–water partition coefficient (Wildman–Crippen LogP) is 2.05. The minimum atomic E-state index is -1.27. The van der Waals surface area contributed by atoms with Crippen LogP contribution in [0.15, 0.2) is 37.2 Å². The highest BCUT2D eigenvalue weighted by molar-refractivity contribution is 5.96. The molecule has 3 aromatic rings. The van der Waals surface area contributed by atoms with Gasteiger partial charge in [-0.3, -0.25) is 4.79 Å². The number of urea groups is 1. The number of aromatic nitrogens is 4. The molecule has 14 nitrogen and oxygen atoms in total. The minimum Gasteiger partial charge on any atom is -0.477 e. The fourth-order valence-corrected chi connectivity index (χ4v) is 5.24. The molecule has 6 N–H and O–H groups in total. The Morgan fingerprint density at radius 2 is 2.02 bits per heavy atom. The molecule has 1 unspecified atom stereocenters. The van der Waals surface area contributed by atoms with Crippen LogP contribution < -0.4 is 16.8 Å². The summed E-state index contributed by atoms with van der Waals surface area (Å²) in [6.07, 6.45) is 6.19. The molecule has 2 atom stereocenters. The Balaban J connectivity index is 0.000000357. The number of ether oxygens (including phenoxy) is 1. The smallest absolute Gasteiger partial charge is 0.354 e. The van der Waals surface area contributed by atoms with E-state index in [2.05, 4.69) is 27.0 Å². The van der Waals surface area contributed by atoms with Crippen molar-refractivity contribution in [1.82, 2.24) is 29.8 Å². The number of halogens is 1. The van der Waals surface area contributed by atoms with Gasteiger partial charge in [-0.1, -0.05) is 18.7 Å². The zero-order chi connectivity index (χ0) is 30.4. The second-order valence-corrected chi connectivity index (χ2v) is 10.1. The van der Waals surface area contributed by atoms with E-state index in [1.807, 2.05) is 13.0 Å². The summed E-state index contributed by atoms with van der Waals surface area (Å²) < 4.78 is 6.33. The Morgan fingerprint density at radius 1 is 1.26 bits per heavy atom. The standard InChI is InChI=1S/C21H19N5O5.C7H15N3O.ClH/c1-3-8-31-20(30)13-4-5-14-12(11(13)2)6-7-15(14)24-18(27)17-9-16(19(28)29)25-21-22-10-23-26(17)21;8-4-6-2-1-3-10(5-6)7(9)11;/h3-5,9-10,15H,1,6-8H2,2H3,(H,24,27)(H,28,29);6H,1-5,8H2,(H2,9,11);1H/t15-;;/m0../s1. The molecule has 2 aromatic heterocycles. The lowest BCUT2D eigenvalue weighted by atomic mass is 9.98. The van der Waals surface area contributed by atoms with E-state index in [1.54, 1.807) is 11.0 Å². The molecule has 15 heteroatoms. The first-order chi connectivity index (χ1) is 20.1. The van der Waals surface area contributed by atoms with E-state index in [9.17, 15) is 24.3 Å². The molecule has 5 rings (SSSR count). The molecule has 3 amide bonds. The largest absolute Gasteiger partial charge is 0.477 e. The molecule has 0 radical (unpaired) electrons. The number of carbonyl (C=O) groups is 4. The second-order valence-electron chi connectivity index (χ2n) is 10.1. The van der Waals surface area contributed by atoms with Gasteiger partial charge in [-0.2, -0.15) is 14.6 Å². The van der Waals surface area contributed by atoms with Crippen LogP contribution in [-0.4, -0.2) is 79.7 Å². The van der Waals surface area contributed by atoms with Gasteiger partial charge in [0.1, 0.15) is 18.6 Å². The maximum atomic E-state index is 13.0. The topological polar surface area (TPSA) is 208 Å². The van der Waals surface area contributed by atoms with Gasteiger partial charge in [0.2, 0.25) is 0 Å². The lowest BCUT2D eigenvalue weighted by Crippen LogP contribution is -2.44. The number of hydrogen-bond acceptors (Lipinski definition) is 9. The number of amides is 3. The molecule has 3 heterocycles. The number of aromatic carboxylic acids is 1. The number of primary amides is 1. The van der Waals surface area contributed by atoms with Gasteiger partial charge in [0.05, 0.1) is 11.6 Å². The number of nitrogens with zero attached hydrogens (tertiary/aromatic N) is 5. The van der Waals surface area contributed by atoms with Gasteiger partial charge in [-0.25, -0.2) is 19.4 Å². The third-order valence-electron chi connectivity index (χ3n) is 7.42. The first-order valence-corrected chi connectivity index (χ1v) is 13.5. The highest BCUT2D eigenvalue weighted by Gasteiger charge is 2.29. The van der Waals surface area contributed by atoms with E-state index in [-0.39, 0.29) is 48.3 Å². The van der Waals surface area contributed by atoms with Crippen LogP contribution in [0.1, 0.15) is 73.3 Å². The first kappa shape index (κ1) is 32.9. The van der Waals surface area contributed by atoms with Gasteiger partial charge in [0, 0.05) is 19.2 Å². The summed E-state index contributed by atoms with van der Waals surface area (Å²) >= 11 is 0. The lowest BCUT2D eigenvalue weighted by molar-refractivity contribution is 0.0547. The van der Waals surface area contributed by atoms with E-state index in [4.69, 9.17) is 16.2 Å². The summed E-state index contributed by atoms with van der Waals surface area (Å²) in [5.41, 5.74) is 13.5. The molecule has 1 aromatic carbocycles. The monoisotopic (exact) mass is 614 g/mol. The number of benzene rings is 1. The van der Waals surface area contributed by atoms with Crippen LogP contribution in [0.3, 0.4) is 0 Å². The third kappa shape index (κ3) is 7.45. The van der Waals surface area contributed by atoms with Crippen molar-refractivity contribution in [3.8, 4) is 0 Å². The van der Waals surface area contributed by atoms with Crippen molar-refractivity contribution in [1.29, 1.82) is 0 Å². The maximum Gasteiger partial charge on any atom is 0.354 e. The van der Waals surface area contributed by atoms with E-state index in [1.165, 1.54) is 23.0 Å². The van der Waals surface area contributed by atoms with Crippen LogP contribution in [0.5, 0.6) is 0 Å². The molecule has 0 saturated carbocycles. The Bertz CT molecular complexity index is 1530. The second kappa shape index (κ2) is 14.6. The van der Waals surface area contributed by atoms with E-state index >= 15 is 0 Å². The van der Waals surface area contributed by atoms with Crippen molar-refractivity contribution in [3.05, 3.63) is 70.8 Å². The highest BCUT2D eigenvalue weighted by Crippen LogP contribution is 2.35. The molecule has 2 aliphatic rings. The maximum absolute atomic E-state index is 13.0. The lowest BCUT2D eigenvalue weighted by Gasteiger charge is -2.30. The predicted molar refractivity (Wildman–Crippen MR) is 158 cm³/mol. The Morgan fingerprint density at radius 3 is 2.70 bits per heavy atom. The third-order valence-corrected chi connectivity index (χ3v) is 7.42. The van der Waals surface area contributed by atoms with Crippen LogP contribution in [0, 0.1) is 12.8 Å². The number of hydrogen-bond donors (Lipinski definition) is 4. The van der Waals surface area contributed by atoms with Gasteiger partial charge in [0.25, 0.3) is 11.7 Å². The number of nitrogens with two attached hydrogens (primary N) is 2. The zero-order valence-corrected chi connectivity index (χ0v) is 24.5. The van der Waals surface area contributed by atoms with E-state index < -0.39 is 17.8 Å². The molecule has 1 aliphatic heterocycles. The highest BCUT2D eigenvalue weighted by atomic mass is 35.5. The number of fused-ring (bicyclic) bond motifs is 2. The number of carboxylic acid groups (broad SMARTS) is 1. The summed E-state index contributed by atoms with van der Waals surface area (Å²) in [5, 5.41) is 16.2. The van der Waals surface area contributed by atoms with Crippen molar-refractivity contribution in [3.63, 3.8) is 0 Å². The van der Waals surface area contributed by atoms with Gasteiger partial charge in [0.15, 0.2) is 5.69 Å². The average molecular weight is 615 g/mol. The first-order valence-electron chi connectivity index (χ1n) is 13.5. The van der Waals surface area contributed by atoms with Gasteiger partial charge >= 0.3 is 18.0 Å². The van der Waals surface area contributed by atoms with Gasteiger partial charge in [-0.05, 0) is 67.8 Å². The summed E-state index contributed by atoms with van der Waals surface area (Å²) in [6.45, 7) is 7.72. The van der Waals surface area contributed by atoms with Crippen molar-refractivity contribution in [2.24, 2.45) is 17.4 Å². The quantitative estimate of drug-likeness (QED) is 0.225. The van der Waals surface area contributed by atoms with Gasteiger partial charge < -0.3 is 31.5 Å². The Kier molecular flexibility index (Phi) is 11.2. The molecular formula is C28H35ClN8O6. The van der Waals surface area contributed by atoms with Crippen LogP contribution >= 0.6 is 12.4 Å². The summed E-state index contributed by atoms with van der Waals surface area (Å²) in [7, 11) is 0. The number of rotatable bonds is 7. The minimum absolute atomic E-state index is 0. The number of esters is 1. The van der Waals surface area contributed by atoms with Crippen molar-refractivity contribution < 1.29 is 29.0 Å². The zero-order valence-electron chi connectivity index (χ0n) is 23.7. The number of carboxylic acids is 1. The molecule has 0 spiro atoms. The summed E-state index contributed by atoms with van der Waals surface area (Å²) in [4.78, 5) is 56.7. The Hall–Kier alpha value is -4.56. The van der Waals surface area contributed by atoms with Crippen LogP contribution in [0.4, 0.5) is 4.79 Å². The van der Waals surface area contributed by atoms with E-state index in [0.29, 0.717) is 30.9 Å². The normalized spacial score (nSPS) is 17.1. The fourth-order valence-electron chi connectivity index (χ4n) is 5.24. The molecular weight excluding hydrogens is 580 g/mol. The number of nitrogens with one attached hydrogen (secondary N) is 1. The molecule has 1 fully saturated rings. The van der Waals surface area contributed by atoms with Gasteiger partial charge in [-0.15, -0.1) is 12.4 Å². The SMILES string of the molecule is C=CCOC(=O)c1ccc2c(c1C)CC[C@@H]2NC(=O)c1cc(C(=O)O)nc2ncnn12.Cl.NCC1CCCN(C(N)=O)C1. The number of piperidine rings is 1. The molecule has 43 heavy (non-hydrogen) atoms. The van der Waals surface area contributed by atoms with Crippen molar-refractivity contribution >= 4 is 42.1 Å². The van der Waals surface area contributed by atoms with E-state index in [0.717, 1.165) is 42.6 Å². The molecule has 1 saturated heterocycles. The fraction of sp³-hybridized carbons (Fsp3) is 0.393. The van der Waals surface area contributed by atoms with Crippen LogP contribution in [0.2, 0.25) is 0 Å². The molecule has 0 bridgehead atoms. The summed E-state index contributed by atoms with van der Waals surface area (Å²) in [6, 6.07) is 4.06. The number of likely N-dealkylation sites (tertiary alicyclic amines) is 1. The van der Waals surface area contributed by atoms with Crippen LogP contribution in [0.25, 0.3) is 5.78 Å². The molecule has 1 aliphatic carbocycles. The van der Waals surface area contributed by atoms with Crippen molar-refractivity contribution in [2.75, 3.05) is 26.2 Å². The van der Waals surface area contributed by atoms with Crippen molar-refractivity contribution in [2.45, 2.75) is 38.6 Å². The molecule has 230 valence electrons. The summed E-state index contributed by atoms with van der Waals surface area (Å²) in [5.74, 6) is -1.70.